The van der Waals surface area contributed by atoms with Crippen molar-refractivity contribution in [3.8, 4) is 39.3 Å². The Morgan fingerprint density at radius 1 is 0.250 bits per heavy atom. The first-order chi connectivity index (χ1) is 31.7. The van der Waals surface area contributed by atoms with Crippen LogP contribution < -0.4 is 0 Å². The summed E-state index contributed by atoms with van der Waals surface area (Å²) in [5, 5.41) is 9.59. The molecule has 0 aliphatic carbocycles. The molecule has 0 N–H and O–H groups in total. The number of fused-ring (bicyclic) bond motifs is 12. The Hall–Kier alpha value is -8.60. The van der Waals surface area contributed by atoms with Gasteiger partial charge in [-0.3, -0.25) is 0 Å². The van der Waals surface area contributed by atoms with Gasteiger partial charge in [-0.1, -0.05) is 140 Å². The second-order valence-electron chi connectivity index (χ2n) is 16.9. The molecule has 0 unspecified atom stereocenters. The average Bonchev–Trinajstić information content (AvgIpc) is 4.10. The van der Waals surface area contributed by atoms with Gasteiger partial charge in [0.05, 0.1) is 44.2 Å². The average molecular weight is 816 g/mol. The fraction of sp³-hybridized carbons (Fsp3) is 0. The Morgan fingerprint density at radius 2 is 0.688 bits per heavy atom. The van der Waals surface area contributed by atoms with Crippen molar-refractivity contribution in [3.63, 3.8) is 0 Å². The number of aromatic nitrogens is 3. The summed E-state index contributed by atoms with van der Waals surface area (Å²) in [5.41, 5.74) is 17.0. The van der Waals surface area contributed by atoms with E-state index >= 15 is 0 Å². The Balaban J connectivity index is 0.938. The van der Waals surface area contributed by atoms with Gasteiger partial charge in [-0.05, 0) is 107 Å². The SMILES string of the molecule is c1ccc(-c2ccc(-c3ccc4oc5cccc(-n6c7ccccc7c7cc(-n8c9ccccc9c9cc(-n%10c%11ccccc%11c%11ccccc%11%10)ccc98)ccc76)c5c4c3)cc2)cc1. The zero-order valence-corrected chi connectivity index (χ0v) is 34.6. The summed E-state index contributed by atoms with van der Waals surface area (Å²) in [5.74, 6) is 0. The molecule has 0 saturated heterocycles. The molecule has 14 aromatic rings. The van der Waals surface area contributed by atoms with E-state index in [-0.39, 0.29) is 0 Å². The van der Waals surface area contributed by atoms with E-state index in [0.29, 0.717) is 0 Å². The van der Waals surface area contributed by atoms with Crippen LogP contribution >= 0.6 is 0 Å². The molecule has 0 bridgehead atoms. The smallest absolute Gasteiger partial charge is 0.137 e. The van der Waals surface area contributed by atoms with Crippen LogP contribution in [0.1, 0.15) is 0 Å². The van der Waals surface area contributed by atoms with E-state index in [1.54, 1.807) is 0 Å². The van der Waals surface area contributed by atoms with Crippen molar-refractivity contribution in [2.24, 2.45) is 0 Å². The van der Waals surface area contributed by atoms with Gasteiger partial charge in [-0.2, -0.15) is 0 Å². The van der Waals surface area contributed by atoms with Gasteiger partial charge in [0.25, 0.3) is 0 Å². The first kappa shape index (κ1) is 35.0. The highest BCUT2D eigenvalue weighted by molar-refractivity contribution is 6.16. The van der Waals surface area contributed by atoms with Crippen molar-refractivity contribution >= 4 is 87.4 Å². The lowest BCUT2D eigenvalue weighted by Gasteiger charge is -2.12. The number of benzene rings is 10. The standard InChI is InChI=1S/C60H37N3O/c1-2-13-38(14-3-1)39-25-27-40(28-26-39)41-29-34-58-50(35-41)60-57(23-12-24-59(60)64-58)63-54-22-11-7-18-47(54)49-37-43(31-33-56(49)63)62-53-21-10-6-17-46(53)48-36-42(30-32-55(48)62)61-51-19-8-4-15-44(51)45-16-5-9-20-52(45)61/h1-37H. The largest absolute Gasteiger partial charge is 0.456 e. The predicted molar refractivity (Wildman–Crippen MR) is 268 cm³/mol. The van der Waals surface area contributed by atoms with E-state index in [4.69, 9.17) is 4.42 Å². The van der Waals surface area contributed by atoms with E-state index in [0.717, 1.165) is 55.6 Å². The van der Waals surface area contributed by atoms with Crippen LogP contribution in [0.15, 0.2) is 229 Å². The normalized spacial score (nSPS) is 12.1. The number of nitrogens with zero attached hydrogens (tertiary/aromatic N) is 3. The second kappa shape index (κ2) is 13.4. The predicted octanol–water partition coefficient (Wildman–Crippen LogP) is 16.2. The first-order valence-corrected chi connectivity index (χ1v) is 21.9. The Morgan fingerprint density at radius 3 is 1.27 bits per heavy atom. The number of hydrogen-bond donors (Lipinski definition) is 0. The molecular formula is C60H37N3O. The van der Waals surface area contributed by atoms with Crippen molar-refractivity contribution in [1.29, 1.82) is 0 Å². The van der Waals surface area contributed by atoms with E-state index in [1.807, 2.05) is 0 Å². The second-order valence-corrected chi connectivity index (χ2v) is 16.9. The molecule has 0 radical (unpaired) electrons. The molecule has 298 valence electrons. The third kappa shape index (κ3) is 5.05. The highest BCUT2D eigenvalue weighted by Crippen LogP contribution is 2.42. The molecule has 0 spiro atoms. The zero-order chi connectivity index (χ0) is 41.9. The van der Waals surface area contributed by atoms with Crippen molar-refractivity contribution in [1.82, 2.24) is 13.7 Å². The summed E-state index contributed by atoms with van der Waals surface area (Å²) in [6.45, 7) is 0. The van der Waals surface area contributed by atoms with Crippen LogP contribution in [-0.4, -0.2) is 13.7 Å². The fourth-order valence-corrected chi connectivity index (χ4v) is 10.6. The van der Waals surface area contributed by atoms with Crippen LogP contribution in [0.3, 0.4) is 0 Å². The number of furan rings is 1. The van der Waals surface area contributed by atoms with Crippen molar-refractivity contribution < 1.29 is 4.42 Å². The minimum atomic E-state index is 0.872. The fourth-order valence-electron chi connectivity index (χ4n) is 10.6. The molecule has 64 heavy (non-hydrogen) atoms. The van der Waals surface area contributed by atoms with Crippen molar-refractivity contribution in [2.75, 3.05) is 0 Å². The van der Waals surface area contributed by atoms with E-state index in [2.05, 4.69) is 238 Å². The Bertz CT molecular complexity index is 4130. The monoisotopic (exact) mass is 815 g/mol. The lowest BCUT2D eigenvalue weighted by Crippen LogP contribution is -1.97. The van der Waals surface area contributed by atoms with Crippen LogP contribution in [0.25, 0.3) is 127 Å². The third-order valence-corrected chi connectivity index (χ3v) is 13.4. The molecule has 10 aromatic carbocycles. The number of hydrogen-bond acceptors (Lipinski definition) is 1. The number of para-hydroxylation sites is 4. The van der Waals surface area contributed by atoms with Crippen molar-refractivity contribution in [3.05, 3.63) is 224 Å². The van der Waals surface area contributed by atoms with Gasteiger partial charge >= 0.3 is 0 Å². The minimum Gasteiger partial charge on any atom is -0.456 e. The maximum atomic E-state index is 6.59. The molecule has 0 atom stereocenters. The van der Waals surface area contributed by atoms with Crippen molar-refractivity contribution in [2.45, 2.75) is 0 Å². The van der Waals surface area contributed by atoms with E-state index in [9.17, 15) is 0 Å². The number of rotatable bonds is 5. The molecule has 0 saturated carbocycles. The molecular weight excluding hydrogens is 779 g/mol. The summed E-state index contributed by atoms with van der Waals surface area (Å²) in [4.78, 5) is 0. The lowest BCUT2D eigenvalue weighted by molar-refractivity contribution is 0.669. The summed E-state index contributed by atoms with van der Waals surface area (Å²) < 4.78 is 13.9. The van der Waals surface area contributed by atoms with Gasteiger partial charge in [0.1, 0.15) is 11.2 Å². The van der Waals surface area contributed by atoms with Gasteiger partial charge in [-0.25, -0.2) is 0 Å². The zero-order valence-electron chi connectivity index (χ0n) is 34.6. The minimum absolute atomic E-state index is 0.872. The molecule has 0 aliphatic heterocycles. The molecule has 4 heteroatoms. The summed E-state index contributed by atoms with van der Waals surface area (Å²) >= 11 is 0. The molecule has 4 nitrogen and oxygen atoms in total. The molecule has 4 heterocycles. The topological polar surface area (TPSA) is 27.9 Å². The summed E-state index contributed by atoms with van der Waals surface area (Å²) in [7, 11) is 0. The highest BCUT2D eigenvalue weighted by atomic mass is 16.3. The lowest BCUT2D eigenvalue weighted by atomic mass is 9.99. The Kier molecular flexibility index (Phi) is 7.36. The van der Waals surface area contributed by atoms with Crippen LogP contribution in [0.2, 0.25) is 0 Å². The summed E-state index contributed by atoms with van der Waals surface area (Å²) in [6, 6.07) is 81.4. The highest BCUT2D eigenvalue weighted by Gasteiger charge is 2.21. The molecule has 4 aromatic heterocycles. The molecule has 0 aliphatic rings. The first-order valence-electron chi connectivity index (χ1n) is 21.9. The van der Waals surface area contributed by atoms with Crippen LogP contribution in [-0.2, 0) is 0 Å². The van der Waals surface area contributed by atoms with E-state index < -0.39 is 0 Å². The third-order valence-electron chi connectivity index (χ3n) is 13.4. The molecule has 0 fully saturated rings. The quantitative estimate of drug-likeness (QED) is 0.170. The van der Waals surface area contributed by atoms with Gasteiger partial charge in [-0.15, -0.1) is 0 Å². The maximum Gasteiger partial charge on any atom is 0.137 e. The van der Waals surface area contributed by atoms with Gasteiger partial charge in [0.15, 0.2) is 0 Å². The molecule has 14 rings (SSSR count). The van der Waals surface area contributed by atoms with Gasteiger partial charge in [0, 0.05) is 49.1 Å². The van der Waals surface area contributed by atoms with Crippen LogP contribution in [0.5, 0.6) is 0 Å². The van der Waals surface area contributed by atoms with Gasteiger partial charge < -0.3 is 18.1 Å². The van der Waals surface area contributed by atoms with Gasteiger partial charge in [0.2, 0.25) is 0 Å². The van der Waals surface area contributed by atoms with Crippen LogP contribution in [0, 0.1) is 0 Å². The molecule has 0 amide bonds. The maximum absolute atomic E-state index is 6.59. The Labute approximate surface area is 367 Å². The van der Waals surface area contributed by atoms with Crippen LogP contribution in [0.4, 0.5) is 0 Å². The van der Waals surface area contributed by atoms with E-state index in [1.165, 1.54) is 71.1 Å². The summed E-state index contributed by atoms with van der Waals surface area (Å²) in [6.07, 6.45) is 0.